The van der Waals surface area contributed by atoms with Crippen LogP contribution in [0.2, 0.25) is 5.02 Å². The van der Waals surface area contributed by atoms with E-state index in [4.69, 9.17) is 26.8 Å². The molecule has 0 bridgehead atoms. The third kappa shape index (κ3) is 1.90. The van der Waals surface area contributed by atoms with E-state index in [0.717, 1.165) is 11.3 Å². The average molecular weight is 228 g/mol. The Hall–Kier alpha value is -0.930. The van der Waals surface area contributed by atoms with Gasteiger partial charge in [0, 0.05) is 17.1 Å². The Labute approximate surface area is 94.1 Å². The van der Waals surface area contributed by atoms with Crippen LogP contribution >= 0.6 is 11.6 Å². The summed E-state index contributed by atoms with van der Waals surface area (Å²) in [4.78, 5) is 0. The van der Waals surface area contributed by atoms with Crippen molar-refractivity contribution in [2.24, 2.45) is 11.7 Å². The summed E-state index contributed by atoms with van der Waals surface area (Å²) in [5.41, 5.74) is 6.96. The first kappa shape index (κ1) is 10.6. The summed E-state index contributed by atoms with van der Waals surface area (Å²) in [5.74, 6) is 1.76. The lowest BCUT2D eigenvalue weighted by atomic mass is 9.97. The molecule has 1 aliphatic heterocycles. The number of nitrogens with two attached hydrogens (primary N) is 1. The number of halogens is 1. The molecule has 0 spiro atoms. The van der Waals surface area contributed by atoms with Crippen molar-refractivity contribution in [2.75, 3.05) is 6.79 Å². The molecule has 1 unspecified atom stereocenters. The molecule has 2 rings (SSSR count). The van der Waals surface area contributed by atoms with Crippen molar-refractivity contribution in [1.82, 2.24) is 0 Å². The molecule has 0 fully saturated rings. The van der Waals surface area contributed by atoms with Gasteiger partial charge in [-0.1, -0.05) is 25.4 Å². The van der Waals surface area contributed by atoms with E-state index in [1.165, 1.54) is 0 Å². The third-order valence-corrected chi connectivity index (χ3v) is 2.90. The largest absolute Gasteiger partial charge is 0.454 e. The second-order valence-electron chi connectivity index (χ2n) is 4.00. The van der Waals surface area contributed by atoms with Gasteiger partial charge in [0.25, 0.3) is 0 Å². The highest BCUT2D eigenvalue weighted by atomic mass is 35.5. The van der Waals surface area contributed by atoms with Gasteiger partial charge in [-0.3, -0.25) is 0 Å². The summed E-state index contributed by atoms with van der Waals surface area (Å²) in [5, 5.41) is 0.639. The first-order valence-corrected chi connectivity index (χ1v) is 5.32. The highest BCUT2D eigenvalue weighted by Gasteiger charge is 2.20. The van der Waals surface area contributed by atoms with Gasteiger partial charge in [-0.15, -0.1) is 0 Å². The molecule has 1 aliphatic rings. The Morgan fingerprint density at radius 3 is 2.47 bits per heavy atom. The summed E-state index contributed by atoms with van der Waals surface area (Å²) < 4.78 is 10.5. The number of hydrogen-bond acceptors (Lipinski definition) is 3. The van der Waals surface area contributed by atoms with Crippen molar-refractivity contribution >= 4 is 11.6 Å². The molecule has 82 valence electrons. The first-order chi connectivity index (χ1) is 7.09. The smallest absolute Gasteiger partial charge is 0.231 e. The summed E-state index contributed by atoms with van der Waals surface area (Å²) in [7, 11) is 0. The molecule has 1 aromatic carbocycles. The van der Waals surface area contributed by atoms with E-state index in [-0.39, 0.29) is 12.8 Å². The highest BCUT2D eigenvalue weighted by Crippen LogP contribution is 2.39. The SMILES string of the molecule is CC(C)C(N)c1cc2c(cc1Cl)OCO2. The van der Waals surface area contributed by atoms with Crippen molar-refractivity contribution in [2.45, 2.75) is 19.9 Å². The standard InChI is InChI=1S/C11H14ClNO2/c1-6(2)11(13)7-3-9-10(4-8(7)12)15-5-14-9/h3-4,6,11H,5,13H2,1-2H3. The van der Waals surface area contributed by atoms with Gasteiger partial charge < -0.3 is 15.2 Å². The second kappa shape index (κ2) is 3.91. The zero-order chi connectivity index (χ0) is 11.0. The van der Waals surface area contributed by atoms with Crippen LogP contribution in [-0.4, -0.2) is 6.79 Å². The molecule has 0 amide bonds. The fourth-order valence-electron chi connectivity index (χ4n) is 1.55. The fourth-order valence-corrected chi connectivity index (χ4v) is 1.83. The third-order valence-electron chi connectivity index (χ3n) is 2.57. The molecule has 1 heterocycles. The molecular weight excluding hydrogens is 214 g/mol. The lowest BCUT2D eigenvalue weighted by molar-refractivity contribution is 0.174. The molecule has 0 aliphatic carbocycles. The maximum atomic E-state index is 6.13. The molecule has 2 N–H and O–H groups in total. The molecule has 1 aromatic rings. The van der Waals surface area contributed by atoms with Crippen LogP contribution < -0.4 is 15.2 Å². The Morgan fingerprint density at radius 2 is 1.87 bits per heavy atom. The van der Waals surface area contributed by atoms with Crippen LogP contribution in [0.5, 0.6) is 11.5 Å². The normalized spacial score (nSPS) is 15.8. The van der Waals surface area contributed by atoms with Gasteiger partial charge in [-0.05, 0) is 17.5 Å². The van der Waals surface area contributed by atoms with Crippen molar-refractivity contribution in [3.63, 3.8) is 0 Å². The molecule has 0 saturated carbocycles. The average Bonchev–Trinajstić information content (AvgIpc) is 2.62. The molecule has 0 saturated heterocycles. The van der Waals surface area contributed by atoms with Gasteiger partial charge in [-0.2, -0.15) is 0 Å². The van der Waals surface area contributed by atoms with Crippen molar-refractivity contribution < 1.29 is 9.47 Å². The predicted octanol–water partition coefficient (Wildman–Crippen LogP) is 2.72. The van der Waals surface area contributed by atoms with Crippen LogP contribution in [0.25, 0.3) is 0 Å². The van der Waals surface area contributed by atoms with Gasteiger partial charge in [0.1, 0.15) is 0 Å². The summed E-state index contributed by atoms with van der Waals surface area (Å²) in [6, 6.07) is 3.56. The summed E-state index contributed by atoms with van der Waals surface area (Å²) >= 11 is 6.13. The highest BCUT2D eigenvalue weighted by molar-refractivity contribution is 6.31. The Kier molecular flexibility index (Phi) is 2.76. The lowest BCUT2D eigenvalue weighted by Gasteiger charge is -2.17. The quantitative estimate of drug-likeness (QED) is 0.845. The van der Waals surface area contributed by atoms with Crippen LogP contribution in [0.15, 0.2) is 12.1 Å². The maximum absolute atomic E-state index is 6.13. The summed E-state index contributed by atoms with van der Waals surface area (Å²) in [6.45, 7) is 4.38. The van der Waals surface area contributed by atoms with E-state index < -0.39 is 0 Å². The molecule has 0 aromatic heterocycles. The second-order valence-corrected chi connectivity index (χ2v) is 4.40. The number of ether oxygens (including phenoxy) is 2. The first-order valence-electron chi connectivity index (χ1n) is 4.94. The van der Waals surface area contributed by atoms with E-state index in [1.807, 2.05) is 6.07 Å². The maximum Gasteiger partial charge on any atom is 0.231 e. The predicted molar refractivity (Wildman–Crippen MR) is 59.3 cm³/mol. The molecular formula is C11H14ClNO2. The van der Waals surface area contributed by atoms with Crippen molar-refractivity contribution in [3.8, 4) is 11.5 Å². The van der Waals surface area contributed by atoms with Gasteiger partial charge in [-0.25, -0.2) is 0 Å². The fraction of sp³-hybridized carbons (Fsp3) is 0.455. The van der Waals surface area contributed by atoms with E-state index >= 15 is 0 Å². The molecule has 4 heteroatoms. The topological polar surface area (TPSA) is 44.5 Å². The van der Waals surface area contributed by atoms with Crippen LogP contribution in [0.3, 0.4) is 0 Å². The zero-order valence-corrected chi connectivity index (χ0v) is 9.54. The molecule has 1 atom stereocenters. The minimum absolute atomic E-state index is 0.0769. The van der Waals surface area contributed by atoms with Gasteiger partial charge in [0.2, 0.25) is 6.79 Å². The minimum atomic E-state index is -0.0769. The number of fused-ring (bicyclic) bond motifs is 1. The lowest BCUT2D eigenvalue weighted by Crippen LogP contribution is -2.17. The minimum Gasteiger partial charge on any atom is -0.454 e. The number of benzene rings is 1. The van der Waals surface area contributed by atoms with Crippen molar-refractivity contribution in [1.29, 1.82) is 0 Å². The van der Waals surface area contributed by atoms with Gasteiger partial charge in [0.05, 0.1) is 0 Å². The van der Waals surface area contributed by atoms with Crippen LogP contribution in [-0.2, 0) is 0 Å². The zero-order valence-electron chi connectivity index (χ0n) is 8.79. The number of rotatable bonds is 2. The monoisotopic (exact) mass is 227 g/mol. The van der Waals surface area contributed by atoms with E-state index in [1.54, 1.807) is 6.07 Å². The van der Waals surface area contributed by atoms with E-state index in [2.05, 4.69) is 13.8 Å². The molecule has 15 heavy (non-hydrogen) atoms. The molecule has 0 radical (unpaired) electrons. The van der Waals surface area contributed by atoms with Crippen LogP contribution in [0.4, 0.5) is 0 Å². The Bertz CT molecular complexity index is 379. The Morgan fingerprint density at radius 1 is 1.27 bits per heavy atom. The summed E-state index contributed by atoms with van der Waals surface area (Å²) in [6.07, 6.45) is 0. The van der Waals surface area contributed by atoms with E-state index in [0.29, 0.717) is 16.7 Å². The van der Waals surface area contributed by atoms with Crippen molar-refractivity contribution in [3.05, 3.63) is 22.7 Å². The van der Waals surface area contributed by atoms with Crippen LogP contribution in [0, 0.1) is 5.92 Å². The number of hydrogen-bond donors (Lipinski definition) is 1. The van der Waals surface area contributed by atoms with E-state index in [9.17, 15) is 0 Å². The molecule has 3 nitrogen and oxygen atoms in total. The van der Waals surface area contributed by atoms with Gasteiger partial charge >= 0.3 is 0 Å². The Balaban J connectivity index is 2.40. The van der Waals surface area contributed by atoms with Crippen LogP contribution in [0.1, 0.15) is 25.5 Å². The van der Waals surface area contributed by atoms with Gasteiger partial charge in [0.15, 0.2) is 11.5 Å².